The van der Waals surface area contributed by atoms with Gasteiger partial charge >= 0.3 is 0 Å². The van der Waals surface area contributed by atoms with Crippen molar-refractivity contribution in [2.45, 2.75) is 19.3 Å². The topological polar surface area (TPSA) is 54.9 Å². The van der Waals surface area contributed by atoms with Crippen molar-refractivity contribution in [1.29, 1.82) is 0 Å². The molecule has 4 nitrogen and oxygen atoms in total. The zero-order valence-corrected chi connectivity index (χ0v) is 12.4. The molecule has 1 atom stereocenters. The molecule has 2 aromatic carbocycles. The van der Waals surface area contributed by atoms with E-state index < -0.39 is 0 Å². The molecule has 3 aromatic rings. The first-order chi connectivity index (χ1) is 10.3. The molecule has 21 heavy (non-hydrogen) atoms. The van der Waals surface area contributed by atoms with Gasteiger partial charge in [-0.05, 0) is 24.1 Å². The van der Waals surface area contributed by atoms with Gasteiger partial charge in [0, 0.05) is 0 Å². The Bertz CT molecular complexity index is 754. The van der Waals surface area contributed by atoms with E-state index in [-0.39, 0.29) is 11.8 Å². The number of anilines is 1. The number of fused-ring (bicyclic) bond motifs is 1. The van der Waals surface area contributed by atoms with Gasteiger partial charge in [0.15, 0.2) is 0 Å². The Hall–Kier alpha value is -2.27. The average Bonchev–Trinajstić information content (AvgIpc) is 2.99. The van der Waals surface area contributed by atoms with Crippen LogP contribution in [0.5, 0.6) is 0 Å². The summed E-state index contributed by atoms with van der Waals surface area (Å²) in [7, 11) is 0. The molecule has 0 aliphatic heterocycles. The van der Waals surface area contributed by atoms with Crippen LogP contribution in [-0.4, -0.2) is 14.7 Å². The summed E-state index contributed by atoms with van der Waals surface area (Å²) in [4.78, 5) is 12.6. The monoisotopic (exact) mass is 297 g/mol. The van der Waals surface area contributed by atoms with Crippen LogP contribution in [0.15, 0.2) is 48.5 Å². The lowest BCUT2D eigenvalue weighted by molar-refractivity contribution is -0.117. The SMILES string of the molecule is CC[C@@H](C(=O)Nc1cccc2nsnc12)c1ccccc1. The third-order valence-electron chi connectivity index (χ3n) is 3.47. The molecule has 1 aromatic heterocycles. The van der Waals surface area contributed by atoms with Crippen molar-refractivity contribution in [2.24, 2.45) is 0 Å². The minimum absolute atomic E-state index is 0.01000. The number of nitrogens with one attached hydrogen (secondary N) is 1. The van der Waals surface area contributed by atoms with Crippen LogP contribution < -0.4 is 5.32 Å². The molecule has 0 unspecified atom stereocenters. The molecule has 0 aliphatic carbocycles. The molecule has 0 saturated heterocycles. The molecule has 0 spiro atoms. The molecule has 1 N–H and O–H groups in total. The van der Waals surface area contributed by atoms with Crippen molar-refractivity contribution >= 4 is 34.4 Å². The van der Waals surface area contributed by atoms with Crippen molar-refractivity contribution in [2.75, 3.05) is 5.32 Å². The Morgan fingerprint density at radius 3 is 2.71 bits per heavy atom. The van der Waals surface area contributed by atoms with E-state index in [0.29, 0.717) is 0 Å². The van der Waals surface area contributed by atoms with Crippen LogP contribution in [0, 0.1) is 0 Å². The maximum atomic E-state index is 12.6. The number of amides is 1. The zero-order chi connectivity index (χ0) is 14.7. The van der Waals surface area contributed by atoms with E-state index in [0.717, 1.165) is 40.4 Å². The third-order valence-corrected chi connectivity index (χ3v) is 4.01. The Morgan fingerprint density at radius 2 is 1.95 bits per heavy atom. The standard InChI is InChI=1S/C16H15N3OS/c1-2-12(11-7-4-3-5-8-11)16(20)17-13-9-6-10-14-15(13)19-21-18-14/h3-10,12H,2H2,1H3,(H,17,20)/t12-/m1/s1. The van der Waals surface area contributed by atoms with E-state index in [1.165, 1.54) is 0 Å². The Kier molecular flexibility index (Phi) is 3.92. The molecular formula is C16H15N3OS. The lowest BCUT2D eigenvalue weighted by Crippen LogP contribution is -2.20. The molecule has 1 heterocycles. The molecule has 3 rings (SSSR count). The van der Waals surface area contributed by atoms with E-state index >= 15 is 0 Å². The predicted octanol–water partition coefficient (Wildman–Crippen LogP) is 3.82. The van der Waals surface area contributed by atoms with Gasteiger partial charge in [-0.3, -0.25) is 4.79 Å². The largest absolute Gasteiger partial charge is 0.324 e. The number of hydrogen-bond donors (Lipinski definition) is 1. The number of carbonyl (C=O) groups is 1. The number of benzene rings is 2. The normalized spacial score (nSPS) is 12.2. The first-order valence-electron chi connectivity index (χ1n) is 6.86. The molecule has 0 bridgehead atoms. The van der Waals surface area contributed by atoms with Gasteiger partial charge in [0.2, 0.25) is 5.91 Å². The molecule has 5 heteroatoms. The fourth-order valence-corrected chi connectivity index (χ4v) is 2.93. The molecule has 106 valence electrons. The summed E-state index contributed by atoms with van der Waals surface area (Å²) in [5.41, 5.74) is 3.31. The molecule has 0 aliphatic rings. The van der Waals surface area contributed by atoms with E-state index in [9.17, 15) is 4.79 Å². The van der Waals surface area contributed by atoms with Crippen LogP contribution in [0.2, 0.25) is 0 Å². The fourth-order valence-electron chi connectivity index (χ4n) is 2.38. The number of rotatable bonds is 4. The van der Waals surface area contributed by atoms with Gasteiger partial charge in [0.05, 0.1) is 23.3 Å². The van der Waals surface area contributed by atoms with Crippen molar-refractivity contribution in [1.82, 2.24) is 8.75 Å². The van der Waals surface area contributed by atoms with Gasteiger partial charge in [-0.15, -0.1) is 0 Å². The van der Waals surface area contributed by atoms with Crippen molar-refractivity contribution in [3.05, 3.63) is 54.1 Å². The summed E-state index contributed by atoms with van der Waals surface area (Å²) in [6.45, 7) is 2.02. The molecular weight excluding hydrogens is 282 g/mol. The maximum Gasteiger partial charge on any atom is 0.231 e. The number of carbonyl (C=O) groups excluding carboxylic acids is 1. The average molecular weight is 297 g/mol. The highest BCUT2D eigenvalue weighted by Crippen LogP contribution is 2.25. The molecule has 0 fully saturated rings. The molecule has 0 radical (unpaired) electrons. The van der Waals surface area contributed by atoms with Gasteiger partial charge in [-0.1, -0.05) is 43.3 Å². The van der Waals surface area contributed by atoms with Crippen LogP contribution in [-0.2, 0) is 4.79 Å². The highest BCUT2D eigenvalue weighted by atomic mass is 32.1. The Balaban J connectivity index is 1.87. The van der Waals surface area contributed by atoms with Crippen LogP contribution in [0.1, 0.15) is 24.8 Å². The van der Waals surface area contributed by atoms with Gasteiger partial charge in [-0.25, -0.2) is 0 Å². The van der Waals surface area contributed by atoms with Gasteiger partial charge in [0.1, 0.15) is 11.0 Å². The third kappa shape index (κ3) is 2.78. The summed E-state index contributed by atoms with van der Waals surface area (Å²) in [6.07, 6.45) is 0.751. The summed E-state index contributed by atoms with van der Waals surface area (Å²) in [5.74, 6) is -0.169. The van der Waals surface area contributed by atoms with Crippen LogP contribution in [0.25, 0.3) is 11.0 Å². The summed E-state index contributed by atoms with van der Waals surface area (Å²) in [5, 5.41) is 2.99. The van der Waals surface area contributed by atoms with Crippen molar-refractivity contribution in [3.8, 4) is 0 Å². The van der Waals surface area contributed by atoms with Crippen LogP contribution in [0.4, 0.5) is 5.69 Å². The van der Waals surface area contributed by atoms with E-state index in [1.54, 1.807) is 0 Å². The second-order valence-corrected chi connectivity index (χ2v) is 5.33. The maximum absolute atomic E-state index is 12.6. The highest BCUT2D eigenvalue weighted by molar-refractivity contribution is 7.00. The quantitative estimate of drug-likeness (QED) is 0.796. The summed E-state index contributed by atoms with van der Waals surface area (Å²) in [6, 6.07) is 15.5. The molecule has 0 saturated carbocycles. The van der Waals surface area contributed by atoms with Crippen LogP contribution >= 0.6 is 11.7 Å². The predicted molar refractivity (Wildman–Crippen MR) is 85.5 cm³/mol. The lowest BCUT2D eigenvalue weighted by atomic mass is 9.95. The minimum atomic E-state index is -0.159. The zero-order valence-electron chi connectivity index (χ0n) is 11.6. The number of hydrogen-bond acceptors (Lipinski definition) is 4. The smallest absolute Gasteiger partial charge is 0.231 e. The fraction of sp³-hybridized carbons (Fsp3) is 0.188. The van der Waals surface area contributed by atoms with Gasteiger partial charge in [-0.2, -0.15) is 8.75 Å². The Labute approximate surface area is 127 Å². The minimum Gasteiger partial charge on any atom is -0.324 e. The van der Waals surface area contributed by atoms with Gasteiger partial charge < -0.3 is 5.32 Å². The second kappa shape index (κ2) is 6.01. The Morgan fingerprint density at radius 1 is 1.14 bits per heavy atom. The summed E-state index contributed by atoms with van der Waals surface area (Å²) < 4.78 is 8.43. The first-order valence-corrected chi connectivity index (χ1v) is 7.59. The van der Waals surface area contributed by atoms with E-state index in [4.69, 9.17) is 0 Å². The molecule has 1 amide bonds. The van der Waals surface area contributed by atoms with Crippen LogP contribution in [0.3, 0.4) is 0 Å². The number of aromatic nitrogens is 2. The highest BCUT2D eigenvalue weighted by Gasteiger charge is 2.19. The van der Waals surface area contributed by atoms with Gasteiger partial charge in [0.25, 0.3) is 0 Å². The van der Waals surface area contributed by atoms with E-state index in [2.05, 4.69) is 14.1 Å². The second-order valence-electron chi connectivity index (χ2n) is 4.80. The van der Waals surface area contributed by atoms with Crippen molar-refractivity contribution < 1.29 is 4.79 Å². The lowest BCUT2D eigenvalue weighted by Gasteiger charge is -2.15. The van der Waals surface area contributed by atoms with Crippen molar-refractivity contribution in [3.63, 3.8) is 0 Å². The summed E-state index contributed by atoms with van der Waals surface area (Å²) >= 11 is 1.15. The first kappa shape index (κ1) is 13.7. The number of nitrogens with zero attached hydrogens (tertiary/aromatic N) is 2. The van der Waals surface area contributed by atoms with E-state index in [1.807, 2.05) is 55.5 Å².